The SMILES string of the molecule is C=C(CCN(C)C)CNC. The first-order valence-corrected chi connectivity index (χ1v) is 3.62. The van der Waals surface area contributed by atoms with E-state index in [9.17, 15) is 0 Å². The van der Waals surface area contributed by atoms with Crippen LogP contribution in [-0.4, -0.2) is 39.1 Å². The highest BCUT2D eigenvalue weighted by Gasteiger charge is 1.93. The van der Waals surface area contributed by atoms with E-state index >= 15 is 0 Å². The van der Waals surface area contributed by atoms with Gasteiger partial charge in [0.1, 0.15) is 0 Å². The van der Waals surface area contributed by atoms with E-state index in [4.69, 9.17) is 0 Å². The summed E-state index contributed by atoms with van der Waals surface area (Å²) >= 11 is 0. The summed E-state index contributed by atoms with van der Waals surface area (Å²) in [7, 11) is 6.10. The van der Waals surface area contributed by atoms with Gasteiger partial charge >= 0.3 is 0 Å². The Kier molecular flexibility index (Phi) is 5.26. The Morgan fingerprint density at radius 2 is 2.10 bits per heavy atom. The van der Waals surface area contributed by atoms with Crippen molar-refractivity contribution >= 4 is 0 Å². The van der Waals surface area contributed by atoms with Gasteiger partial charge in [0.15, 0.2) is 0 Å². The zero-order valence-electron chi connectivity index (χ0n) is 7.28. The molecular weight excluding hydrogens is 124 g/mol. The Labute approximate surface area is 63.9 Å². The lowest BCUT2D eigenvalue weighted by Crippen LogP contribution is -2.17. The normalized spacial score (nSPS) is 10.4. The first-order valence-electron chi connectivity index (χ1n) is 3.62. The molecule has 60 valence electrons. The molecule has 0 bridgehead atoms. The third kappa shape index (κ3) is 5.79. The van der Waals surface area contributed by atoms with Crippen LogP contribution in [0.15, 0.2) is 12.2 Å². The van der Waals surface area contributed by atoms with Gasteiger partial charge in [0.25, 0.3) is 0 Å². The van der Waals surface area contributed by atoms with E-state index < -0.39 is 0 Å². The van der Waals surface area contributed by atoms with Crippen LogP contribution >= 0.6 is 0 Å². The largest absolute Gasteiger partial charge is 0.316 e. The van der Waals surface area contributed by atoms with Gasteiger partial charge in [-0.3, -0.25) is 0 Å². The molecule has 0 atom stereocenters. The van der Waals surface area contributed by atoms with Crippen LogP contribution in [0.2, 0.25) is 0 Å². The lowest BCUT2D eigenvalue weighted by molar-refractivity contribution is 0.411. The highest BCUT2D eigenvalue weighted by atomic mass is 15.0. The summed E-state index contributed by atoms with van der Waals surface area (Å²) < 4.78 is 0. The summed E-state index contributed by atoms with van der Waals surface area (Å²) in [6.07, 6.45) is 1.09. The molecule has 0 radical (unpaired) electrons. The molecule has 0 saturated heterocycles. The van der Waals surface area contributed by atoms with Gasteiger partial charge in [0.2, 0.25) is 0 Å². The van der Waals surface area contributed by atoms with Crippen molar-refractivity contribution in [1.82, 2.24) is 10.2 Å². The standard InChI is InChI=1S/C8H18N2/c1-8(7-9-2)5-6-10(3)4/h9H,1,5-7H2,2-4H3. The Balaban J connectivity index is 3.22. The lowest BCUT2D eigenvalue weighted by Gasteiger charge is -2.10. The molecule has 0 fully saturated rings. The van der Waals surface area contributed by atoms with Gasteiger partial charge in [-0.2, -0.15) is 0 Å². The van der Waals surface area contributed by atoms with Crippen molar-refractivity contribution in [1.29, 1.82) is 0 Å². The van der Waals surface area contributed by atoms with Crippen molar-refractivity contribution in [2.45, 2.75) is 6.42 Å². The minimum Gasteiger partial charge on any atom is -0.316 e. The molecular formula is C8H18N2. The Morgan fingerprint density at radius 3 is 2.50 bits per heavy atom. The highest BCUT2D eigenvalue weighted by Crippen LogP contribution is 1.95. The van der Waals surface area contributed by atoms with E-state index in [0.29, 0.717) is 0 Å². The number of nitrogens with one attached hydrogen (secondary N) is 1. The molecule has 0 unspecified atom stereocenters. The molecule has 0 spiro atoms. The molecule has 0 aromatic carbocycles. The number of hydrogen-bond donors (Lipinski definition) is 1. The molecule has 0 aliphatic rings. The predicted octanol–water partition coefficient (Wildman–Crippen LogP) is 0.714. The van der Waals surface area contributed by atoms with Gasteiger partial charge in [-0.05, 0) is 27.6 Å². The van der Waals surface area contributed by atoms with Gasteiger partial charge in [0, 0.05) is 13.1 Å². The van der Waals surface area contributed by atoms with Crippen LogP contribution in [0.25, 0.3) is 0 Å². The van der Waals surface area contributed by atoms with Gasteiger partial charge in [0.05, 0.1) is 0 Å². The Bertz CT molecular complexity index is 97.4. The molecule has 0 aromatic heterocycles. The first kappa shape index (κ1) is 9.66. The second-order valence-electron chi connectivity index (χ2n) is 2.83. The fourth-order valence-corrected chi connectivity index (χ4v) is 0.720. The summed E-state index contributed by atoms with van der Waals surface area (Å²) in [4.78, 5) is 2.17. The van der Waals surface area contributed by atoms with Gasteiger partial charge in [-0.15, -0.1) is 0 Å². The smallest absolute Gasteiger partial charge is 0.0159 e. The summed E-state index contributed by atoms with van der Waals surface area (Å²) in [5.74, 6) is 0. The van der Waals surface area contributed by atoms with Crippen molar-refractivity contribution in [3.05, 3.63) is 12.2 Å². The van der Waals surface area contributed by atoms with Gasteiger partial charge in [-0.25, -0.2) is 0 Å². The lowest BCUT2D eigenvalue weighted by atomic mass is 10.2. The summed E-state index contributed by atoms with van der Waals surface area (Å²) in [6.45, 7) is 5.96. The number of rotatable bonds is 5. The molecule has 0 aliphatic heterocycles. The number of hydrogen-bond acceptors (Lipinski definition) is 2. The highest BCUT2D eigenvalue weighted by molar-refractivity contribution is 4.96. The van der Waals surface area contributed by atoms with Gasteiger partial charge < -0.3 is 10.2 Å². The van der Waals surface area contributed by atoms with E-state index in [0.717, 1.165) is 19.5 Å². The molecule has 0 rings (SSSR count). The van der Waals surface area contributed by atoms with Gasteiger partial charge in [-0.1, -0.05) is 12.2 Å². The van der Waals surface area contributed by atoms with Crippen LogP contribution in [-0.2, 0) is 0 Å². The van der Waals surface area contributed by atoms with Crippen molar-refractivity contribution in [2.75, 3.05) is 34.2 Å². The minimum absolute atomic E-state index is 0.938. The molecule has 2 nitrogen and oxygen atoms in total. The average molecular weight is 142 g/mol. The monoisotopic (exact) mass is 142 g/mol. The van der Waals surface area contributed by atoms with E-state index in [1.54, 1.807) is 0 Å². The second-order valence-corrected chi connectivity index (χ2v) is 2.83. The molecule has 10 heavy (non-hydrogen) atoms. The summed E-state index contributed by atoms with van der Waals surface area (Å²) in [5, 5.41) is 3.07. The van der Waals surface area contributed by atoms with Crippen LogP contribution in [0.1, 0.15) is 6.42 Å². The fourth-order valence-electron chi connectivity index (χ4n) is 0.720. The first-order chi connectivity index (χ1) is 4.66. The quantitative estimate of drug-likeness (QED) is 0.569. The third-order valence-electron chi connectivity index (χ3n) is 1.34. The zero-order chi connectivity index (χ0) is 7.98. The molecule has 0 aromatic rings. The summed E-state index contributed by atoms with van der Waals surface area (Å²) in [5.41, 5.74) is 1.27. The molecule has 0 aliphatic carbocycles. The van der Waals surface area contributed by atoms with Crippen LogP contribution < -0.4 is 5.32 Å². The zero-order valence-corrected chi connectivity index (χ0v) is 7.28. The Morgan fingerprint density at radius 1 is 1.50 bits per heavy atom. The third-order valence-corrected chi connectivity index (χ3v) is 1.34. The van der Waals surface area contributed by atoms with Crippen molar-refractivity contribution in [3.63, 3.8) is 0 Å². The predicted molar refractivity (Wildman–Crippen MR) is 46.2 cm³/mol. The number of nitrogens with zero attached hydrogens (tertiary/aromatic N) is 1. The second kappa shape index (κ2) is 5.45. The maximum absolute atomic E-state index is 3.93. The molecule has 0 heterocycles. The van der Waals surface area contributed by atoms with Crippen molar-refractivity contribution < 1.29 is 0 Å². The fraction of sp³-hybridized carbons (Fsp3) is 0.750. The molecule has 0 saturated carbocycles. The molecule has 0 amide bonds. The van der Waals surface area contributed by atoms with E-state index in [1.807, 2.05) is 7.05 Å². The molecule has 1 N–H and O–H groups in total. The van der Waals surface area contributed by atoms with Crippen LogP contribution in [0.4, 0.5) is 0 Å². The topological polar surface area (TPSA) is 15.3 Å². The maximum Gasteiger partial charge on any atom is 0.0159 e. The van der Waals surface area contributed by atoms with E-state index in [1.165, 1.54) is 5.57 Å². The van der Waals surface area contributed by atoms with Crippen LogP contribution in [0.5, 0.6) is 0 Å². The van der Waals surface area contributed by atoms with Crippen LogP contribution in [0, 0.1) is 0 Å². The molecule has 2 heteroatoms. The van der Waals surface area contributed by atoms with Crippen LogP contribution in [0.3, 0.4) is 0 Å². The van der Waals surface area contributed by atoms with E-state index in [2.05, 4.69) is 30.9 Å². The van der Waals surface area contributed by atoms with Crippen molar-refractivity contribution in [2.24, 2.45) is 0 Å². The van der Waals surface area contributed by atoms with E-state index in [-0.39, 0.29) is 0 Å². The maximum atomic E-state index is 3.93. The van der Waals surface area contributed by atoms with Crippen molar-refractivity contribution in [3.8, 4) is 0 Å². The Hall–Kier alpha value is -0.340. The minimum atomic E-state index is 0.938. The summed E-state index contributed by atoms with van der Waals surface area (Å²) in [6, 6.07) is 0. The number of likely N-dealkylation sites (N-methyl/N-ethyl adjacent to an activating group) is 1. The average Bonchev–Trinajstić information content (AvgIpc) is 1.85.